The fourth-order valence-electron chi connectivity index (χ4n) is 3.27. The van der Waals surface area contributed by atoms with Gasteiger partial charge in [-0.25, -0.2) is 10.2 Å². The summed E-state index contributed by atoms with van der Waals surface area (Å²) in [4.78, 5) is 36.6. The number of hydrogen-bond donors (Lipinski definition) is 3. The highest BCUT2D eigenvalue weighted by Crippen LogP contribution is 2.28. The van der Waals surface area contributed by atoms with Crippen LogP contribution in [0.15, 0.2) is 76.3 Å². The molecule has 0 saturated heterocycles. The molecule has 2 atom stereocenters. The highest BCUT2D eigenvalue weighted by Gasteiger charge is 2.25. The van der Waals surface area contributed by atoms with Gasteiger partial charge in [-0.1, -0.05) is 53.5 Å². The number of carboxylic acids is 1. The Bertz CT molecular complexity index is 1360. The lowest BCUT2D eigenvalue weighted by Crippen LogP contribution is -2.50. The monoisotopic (exact) mass is 635 g/mol. The quantitative estimate of drug-likeness (QED) is 0.192. The molecule has 12 heteroatoms. The minimum atomic E-state index is -1.10. The Morgan fingerprint density at radius 1 is 1.03 bits per heavy atom. The summed E-state index contributed by atoms with van der Waals surface area (Å²) in [5.41, 5.74) is 3.89. The maximum Gasteiger partial charge on any atom is 0.341 e. The van der Waals surface area contributed by atoms with Crippen LogP contribution in [0.5, 0.6) is 11.5 Å². The maximum atomic E-state index is 13.0. The Morgan fingerprint density at radius 2 is 1.74 bits per heavy atom. The van der Waals surface area contributed by atoms with Crippen molar-refractivity contribution >= 4 is 63.1 Å². The van der Waals surface area contributed by atoms with Gasteiger partial charge in [0.05, 0.1) is 15.7 Å². The molecule has 9 nitrogen and oxygen atoms in total. The summed E-state index contributed by atoms with van der Waals surface area (Å²) in [5, 5.41) is 16.1. The molecule has 3 aromatic rings. The molecule has 0 bridgehead atoms. The summed E-state index contributed by atoms with van der Waals surface area (Å²) >= 11 is 15.4. The Balaban J connectivity index is 1.67. The number of ether oxygens (including phenoxy) is 2. The first-order chi connectivity index (χ1) is 18.6. The van der Waals surface area contributed by atoms with Crippen molar-refractivity contribution in [1.29, 1.82) is 0 Å². The number of amides is 2. The molecule has 204 valence electrons. The van der Waals surface area contributed by atoms with Crippen LogP contribution in [0, 0.1) is 0 Å². The van der Waals surface area contributed by atoms with Gasteiger partial charge in [0, 0.05) is 11.4 Å². The zero-order valence-electron chi connectivity index (χ0n) is 20.6. The van der Waals surface area contributed by atoms with E-state index in [1.54, 1.807) is 30.3 Å². The lowest BCUT2D eigenvalue weighted by molar-refractivity contribution is -0.139. The van der Waals surface area contributed by atoms with Gasteiger partial charge in [0.15, 0.2) is 12.7 Å². The van der Waals surface area contributed by atoms with Crippen molar-refractivity contribution in [2.45, 2.75) is 25.5 Å². The molecule has 0 heterocycles. The van der Waals surface area contributed by atoms with Gasteiger partial charge in [0.2, 0.25) is 0 Å². The summed E-state index contributed by atoms with van der Waals surface area (Å²) in [6.07, 6.45) is 0.653. The number of nitrogens with zero attached hydrogens (tertiary/aromatic N) is 1. The van der Waals surface area contributed by atoms with Crippen LogP contribution in [0.25, 0.3) is 0 Å². The van der Waals surface area contributed by atoms with Gasteiger partial charge >= 0.3 is 5.97 Å². The molecule has 2 amide bonds. The molecule has 0 spiro atoms. The van der Waals surface area contributed by atoms with Crippen LogP contribution in [0.1, 0.15) is 18.1 Å². The molecule has 3 rings (SSSR count). The molecule has 0 aliphatic carbocycles. The summed E-state index contributed by atoms with van der Waals surface area (Å²) in [7, 11) is 0. The number of carbonyl (C=O) groups is 3. The number of benzene rings is 3. The van der Waals surface area contributed by atoms with Crippen LogP contribution in [-0.4, -0.2) is 47.9 Å². The van der Waals surface area contributed by atoms with Gasteiger partial charge in [0.1, 0.15) is 17.5 Å². The molecule has 0 unspecified atom stereocenters. The third-order valence-corrected chi connectivity index (χ3v) is 6.33. The van der Waals surface area contributed by atoms with Crippen molar-refractivity contribution in [3.8, 4) is 11.5 Å². The Kier molecular flexibility index (Phi) is 11.2. The SMILES string of the molecule is C[C@@H](Oc1ccc(Cl)cc1Cl)C(=O)N[C@H](Cc1ccccc1)C(=O)N/N=C\c1ccc(OCC(=O)O)c(Br)c1. The fourth-order valence-corrected chi connectivity index (χ4v) is 4.23. The van der Waals surface area contributed by atoms with E-state index in [1.807, 2.05) is 30.3 Å². The fraction of sp³-hybridized carbons (Fsp3) is 0.185. The number of rotatable bonds is 12. The number of nitrogens with one attached hydrogen (secondary N) is 2. The molecule has 3 aromatic carbocycles. The minimum Gasteiger partial charge on any atom is -0.481 e. The predicted octanol–water partition coefficient (Wildman–Crippen LogP) is 4.86. The molecule has 3 N–H and O–H groups in total. The van der Waals surface area contributed by atoms with Gasteiger partial charge in [0.25, 0.3) is 11.8 Å². The van der Waals surface area contributed by atoms with Crippen molar-refractivity contribution in [2.75, 3.05) is 6.61 Å². The zero-order chi connectivity index (χ0) is 28.4. The Hall–Kier alpha value is -3.60. The molecule has 39 heavy (non-hydrogen) atoms. The van der Waals surface area contributed by atoms with E-state index in [2.05, 4.69) is 31.8 Å². The third kappa shape index (κ3) is 9.58. The Labute approximate surface area is 243 Å². The topological polar surface area (TPSA) is 126 Å². The molecule has 0 aromatic heterocycles. The predicted molar refractivity (Wildman–Crippen MR) is 152 cm³/mol. The summed E-state index contributed by atoms with van der Waals surface area (Å²) < 4.78 is 11.4. The normalized spacial score (nSPS) is 12.4. The first-order valence-corrected chi connectivity index (χ1v) is 13.1. The van der Waals surface area contributed by atoms with Crippen LogP contribution < -0.4 is 20.2 Å². The average Bonchev–Trinajstić information content (AvgIpc) is 2.89. The molecule has 0 saturated carbocycles. The maximum absolute atomic E-state index is 13.0. The Morgan fingerprint density at radius 3 is 2.41 bits per heavy atom. The number of hydrogen-bond acceptors (Lipinski definition) is 6. The minimum absolute atomic E-state index is 0.212. The molecule has 0 radical (unpaired) electrons. The van der Waals surface area contributed by atoms with Gasteiger partial charge in [-0.15, -0.1) is 0 Å². The number of halogens is 3. The summed E-state index contributed by atoms with van der Waals surface area (Å²) in [6.45, 7) is 1.06. The van der Waals surface area contributed by atoms with E-state index in [0.29, 0.717) is 20.8 Å². The zero-order valence-corrected chi connectivity index (χ0v) is 23.7. The van der Waals surface area contributed by atoms with E-state index < -0.39 is 36.5 Å². The van der Waals surface area contributed by atoms with Crippen LogP contribution >= 0.6 is 39.1 Å². The van der Waals surface area contributed by atoms with Crippen molar-refractivity contribution in [2.24, 2.45) is 5.10 Å². The molecule has 0 aliphatic rings. The van der Waals surface area contributed by atoms with Crippen LogP contribution in [0.2, 0.25) is 10.0 Å². The second-order valence-electron chi connectivity index (χ2n) is 8.19. The summed E-state index contributed by atoms with van der Waals surface area (Å²) in [5.74, 6) is -1.53. The van der Waals surface area contributed by atoms with Gasteiger partial charge in [-0.05, 0) is 70.4 Å². The average molecular weight is 637 g/mol. The second-order valence-corrected chi connectivity index (χ2v) is 9.89. The van der Waals surface area contributed by atoms with E-state index in [-0.39, 0.29) is 17.2 Å². The number of carboxylic acid groups (broad SMARTS) is 1. The van der Waals surface area contributed by atoms with E-state index in [1.165, 1.54) is 19.2 Å². The highest BCUT2D eigenvalue weighted by molar-refractivity contribution is 9.10. The van der Waals surface area contributed by atoms with E-state index >= 15 is 0 Å². The van der Waals surface area contributed by atoms with Crippen molar-refractivity contribution in [3.63, 3.8) is 0 Å². The first-order valence-electron chi connectivity index (χ1n) is 11.6. The van der Waals surface area contributed by atoms with E-state index in [0.717, 1.165) is 5.56 Å². The molecular weight excluding hydrogens is 613 g/mol. The number of carbonyl (C=O) groups excluding carboxylic acids is 2. The number of aliphatic carboxylic acids is 1. The molecule has 0 aliphatic heterocycles. The highest BCUT2D eigenvalue weighted by atomic mass is 79.9. The van der Waals surface area contributed by atoms with Gasteiger partial charge in [-0.3, -0.25) is 9.59 Å². The van der Waals surface area contributed by atoms with Crippen molar-refractivity contribution in [3.05, 3.63) is 92.4 Å². The van der Waals surface area contributed by atoms with Gasteiger partial charge in [-0.2, -0.15) is 5.10 Å². The lowest BCUT2D eigenvalue weighted by Gasteiger charge is -2.21. The molecular formula is C27H24BrCl2N3O6. The number of hydrazone groups is 1. The smallest absolute Gasteiger partial charge is 0.341 e. The van der Waals surface area contributed by atoms with Crippen molar-refractivity contribution in [1.82, 2.24) is 10.7 Å². The van der Waals surface area contributed by atoms with Crippen molar-refractivity contribution < 1.29 is 29.0 Å². The largest absolute Gasteiger partial charge is 0.481 e. The van der Waals surface area contributed by atoms with E-state index in [9.17, 15) is 14.4 Å². The third-order valence-electron chi connectivity index (χ3n) is 5.18. The lowest BCUT2D eigenvalue weighted by atomic mass is 10.1. The van der Waals surface area contributed by atoms with Gasteiger partial charge < -0.3 is 19.9 Å². The standard InChI is InChI=1S/C27H24BrCl2N3O6/c1-16(39-24-10-8-19(29)13-21(24)30)26(36)32-22(12-17-5-3-2-4-6-17)27(37)33-31-14-18-7-9-23(20(28)11-18)38-15-25(34)35/h2-11,13-14,16,22H,12,15H2,1H3,(H,32,36)(H,33,37)(H,34,35)/b31-14-/t16-,22-/m1/s1. The van der Waals surface area contributed by atoms with Crippen LogP contribution in [-0.2, 0) is 20.8 Å². The van der Waals surface area contributed by atoms with E-state index in [4.69, 9.17) is 37.8 Å². The second kappa shape index (κ2) is 14.5. The van der Waals surface area contributed by atoms with Crippen LogP contribution in [0.4, 0.5) is 0 Å². The summed E-state index contributed by atoms with van der Waals surface area (Å²) in [6, 6.07) is 17.8. The first kappa shape index (κ1) is 29.9. The van der Waals surface area contributed by atoms with Crippen LogP contribution in [0.3, 0.4) is 0 Å². The molecule has 0 fully saturated rings.